The van der Waals surface area contributed by atoms with Crippen molar-refractivity contribution in [3.63, 3.8) is 0 Å². The number of carbonyl (C=O) groups excluding carboxylic acids is 3. The molecule has 0 radical (unpaired) electrons. The minimum Gasteiger partial charge on any atom is -0.384 e. The van der Waals surface area contributed by atoms with E-state index in [9.17, 15) is 14.4 Å². The molecular weight excluding hydrogens is 482 g/mol. The Kier molecular flexibility index (Phi) is 6.28. The number of likely N-dealkylation sites (tertiary alicyclic amines) is 1. The van der Waals surface area contributed by atoms with Gasteiger partial charge in [0.25, 0.3) is 5.91 Å². The highest BCUT2D eigenvalue weighted by molar-refractivity contribution is 6.05. The third kappa shape index (κ3) is 4.19. The van der Waals surface area contributed by atoms with Crippen LogP contribution in [0.15, 0.2) is 42.6 Å². The number of nitrogens with one attached hydrogen (secondary N) is 1. The van der Waals surface area contributed by atoms with Crippen LogP contribution in [0.1, 0.15) is 52.7 Å². The quantitative estimate of drug-likeness (QED) is 0.507. The molecule has 1 unspecified atom stereocenters. The van der Waals surface area contributed by atoms with Crippen LogP contribution in [-0.2, 0) is 39.9 Å². The molecule has 9 nitrogen and oxygen atoms in total. The number of methoxy groups -OCH3 is 1. The minimum absolute atomic E-state index is 0.133. The molecular formula is C29H33N5O4. The van der Waals surface area contributed by atoms with E-state index in [4.69, 9.17) is 4.74 Å². The van der Waals surface area contributed by atoms with Gasteiger partial charge in [-0.2, -0.15) is 5.10 Å². The number of hydrogen-bond donors (Lipinski definition) is 1. The zero-order valence-electron chi connectivity index (χ0n) is 21.9. The lowest BCUT2D eigenvalue weighted by Gasteiger charge is -2.42. The first-order chi connectivity index (χ1) is 18.4. The average Bonchev–Trinajstić information content (AvgIpc) is 3.45. The molecule has 0 bridgehead atoms. The van der Waals surface area contributed by atoms with Gasteiger partial charge in [-0.1, -0.05) is 24.3 Å². The van der Waals surface area contributed by atoms with E-state index in [-0.39, 0.29) is 29.6 Å². The van der Waals surface area contributed by atoms with Gasteiger partial charge in [0.2, 0.25) is 11.8 Å². The van der Waals surface area contributed by atoms with Crippen molar-refractivity contribution in [1.82, 2.24) is 24.9 Å². The number of fused-ring (bicyclic) bond motifs is 2. The van der Waals surface area contributed by atoms with E-state index in [1.165, 1.54) is 16.5 Å². The minimum atomic E-state index is -0.600. The van der Waals surface area contributed by atoms with Crippen LogP contribution < -0.4 is 5.32 Å². The Morgan fingerprint density at radius 1 is 1.13 bits per heavy atom. The lowest BCUT2D eigenvalue weighted by Crippen LogP contribution is -2.52. The number of amides is 3. The monoisotopic (exact) mass is 515 g/mol. The summed E-state index contributed by atoms with van der Waals surface area (Å²) in [6.45, 7) is 3.77. The molecule has 2 fully saturated rings. The Hall–Kier alpha value is -3.56. The van der Waals surface area contributed by atoms with Crippen LogP contribution in [-0.4, -0.2) is 70.1 Å². The number of benzene rings is 2. The largest absolute Gasteiger partial charge is 0.384 e. The summed E-state index contributed by atoms with van der Waals surface area (Å²) in [5, 5.41) is 8.01. The molecule has 0 aliphatic carbocycles. The summed E-state index contributed by atoms with van der Waals surface area (Å²) < 4.78 is 7.66. The zero-order valence-corrected chi connectivity index (χ0v) is 21.9. The lowest BCUT2D eigenvalue weighted by atomic mass is 9.72. The number of hydrogen-bond acceptors (Lipinski definition) is 6. The van der Waals surface area contributed by atoms with Gasteiger partial charge in [-0.3, -0.25) is 29.3 Å². The molecule has 198 valence electrons. The fraction of sp³-hybridized carbons (Fsp3) is 0.448. The molecule has 1 atom stereocenters. The Morgan fingerprint density at radius 2 is 1.95 bits per heavy atom. The molecule has 2 aromatic carbocycles. The smallest absolute Gasteiger partial charge is 0.255 e. The van der Waals surface area contributed by atoms with Gasteiger partial charge in [-0.25, -0.2) is 0 Å². The number of piperidine rings is 2. The topological polar surface area (TPSA) is 96.8 Å². The normalized spacial score (nSPS) is 21.7. The molecule has 4 heterocycles. The Morgan fingerprint density at radius 3 is 2.71 bits per heavy atom. The first kappa shape index (κ1) is 24.8. The van der Waals surface area contributed by atoms with E-state index in [1.807, 2.05) is 24.0 Å². The van der Waals surface area contributed by atoms with Crippen LogP contribution in [0.4, 0.5) is 0 Å². The summed E-state index contributed by atoms with van der Waals surface area (Å²) >= 11 is 0. The summed E-state index contributed by atoms with van der Waals surface area (Å²) in [6, 6.07) is 11.9. The third-order valence-electron chi connectivity index (χ3n) is 8.65. The highest BCUT2D eigenvalue weighted by atomic mass is 16.5. The van der Waals surface area contributed by atoms with Crippen LogP contribution in [0.2, 0.25) is 0 Å². The number of aryl methyl sites for hydroxylation is 1. The second kappa shape index (κ2) is 9.63. The standard InChI is InChI=1S/C29H33N5O4/c1-32-24-5-3-4-19(23(24)15-30-32)16-33-12-10-29(11-13-33,18-38-2)21-6-7-22-20(14-21)17-34(28(22)37)25-8-9-26(35)31-27(25)36/h3-7,14-15,25H,8-13,16-18H2,1-2H3,(H,31,35,36). The summed E-state index contributed by atoms with van der Waals surface area (Å²) in [4.78, 5) is 41.3. The van der Waals surface area contributed by atoms with Crippen molar-refractivity contribution in [3.05, 3.63) is 64.8 Å². The fourth-order valence-corrected chi connectivity index (χ4v) is 6.45. The molecule has 9 heteroatoms. The third-order valence-corrected chi connectivity index (χ3v) is 8.65. The van der Waals surface area contributed by atoms with Gasteiger partial charge >= 0.3 is 0 Å². The maximum Gasteiger partial charge on any atom is 0.255 e. The summed E-state index contributed by atoms with van der Waals surface area (Å²) in [7, 11) is 3.72. The van der Waals surface area contributed by atoms with Crippen LogP contribution in [0.3, 0.4) is 0 Å². The van der Waals surface area contributed by atoms with Crippen molar-refractivity contribution in [3.8, 4) is 0 Å². The number of ether oxygens (including phenoxy) is 1. The molecule has 38 heavy (non-hydrogen) atoms. The van der Waals surface area contributed by atoms with Gasteiger partial charge in [0.15, 0.2) is 0 Å². The van der Waals surface area contributed by atoms with Crippen molar-refractivity contribution in [2.75, 3.05) is 26.8 Å². The average molecular weight is 516 g/mol. The van der Waals surface area contributed by atoms with Crippen molar-refractivity contribution < 1.29 is 19.1 Å². The SMILES string of the molecule is COCC1(c2ccc3c(c2)CN(C2CCC(=O)NC2=O)C3=O)CCN(Cc2cccc3c2cnn3C)CC1. The number of imide groups is 1. The number of aromatic nitrogens is 2. The molecule has 6 rings (SSSR count). The molecule has 2 saturated heterocycles. The van der Waals surface area contributed by atoms with Crippen LogP contribution in [0.25, 0.3) is 10.9 Å². The predicted octanol–water partition coefficient (Wildman–Crippen LogP) is 2.51. The molecule has 0 spiro atoms. The van der Waals surface area contributed by atoms with Gasteiger partial charge in [0, 0.05) is 50.0 Å². The second-order valence-electron chi connectivity index (χ2n) is 10.9. The van der Waals surface area contributed by atoms with E-state index in [2.05, 4.69) is 45.6 Å². The highest BCUT2D eigenvalue weighted by Gasteiger charge is 2.41. The molecule has 3 aromatic rings. The Balaban J connectivity index is 1.19. The van der Waals surface area contributed by atoms with Gasteiger partial charge in [0.1, 0.15) is 6.04 Å². The molecule has 3 aliphatic heterocycles. The maximum atomic E-state index is 13.2. The van der Waals surface area contributed by atoms with Crippen LogP contribution in [0, 0.1) is 0 Å². The lowest BCUT2D eigenvalue weighted by molar-refractivity contribution is -0.136. The first-order valence-corrected chi connectivity index (χ1v) is 13.3. The highest BCUT2D eigenvalue weighted by Crippen LogP contribution is 2.39. The Bertz CT molecular complexity index is 1420. The summed E-state index contributed by atoms with van der Waals surface area (Å²) in [5.74, 6) is -0.795. The fourth-order valence-electron chi connectivity index (χ4n) is 6.45. The number of rotatable bonds is 6. The molecule has 1 N–H and O–H groups in total. The van der Waals surface area contributed by atoms with E-state index in [1.54, 1.807) is 12.0 Å². The van der Waals surface area contributed by atoms with E-state index in [0.717, 1.165) is 43.6 Å². The van der Waals surface area contributed by atoms with Gasteiger partial charge in [-0.05, 0) is 61.2 Å². The van der Waals surface area contributed by atoms with Crippen LogP contribution >= 0.6 is 0 Å². The van der Waals surface area contributed by atoms with E-state index >= 15 is 0 Å². The van der Waals surface area contributed by atoms with Gasteiger partial charge in [0.05, 0.1) is 18.3 Å². The first-order valence-electron chi connectivity index (χ1n) is 13.3. The summed E-state index contributed by atoms with van der Waals surface area (Å²) in [5.41, 5.74) is 5.08. The molecule has 3 amide bonds. The predicted molar refractivity (Wildman–Crippen MR) is 141 cm³/mol. The van der Waals surface area contributed by atoms with Crippen LogP contribution in [0.5, 0.6) is 0 Å². The molecule has 3 aliphatic rings. The molecule has 1 aromatic heterocycles. The van der Waals surface area contributed by atoms with Crippen molar-refractivity contribution in [2.24, 2.45) is 7.05 Å². The number of carbonyl (C=O) groups is 3. The maximum absolute atomic E-state index is 13.2. The van der Waals surface area contributed by atoms with E-state index in [0.29, 0.717) is 25.1 Å². The van der Waals surface area contributed by atoms with Gasteiger partial charge in [-0.15, -0.1) is 0 Å². The van der Waals surface area contributed by atoms with E-state index < -0.39 is 6.04 Å². The zero-order chi connectivity index (χ0) is 26.4. The van der Waals surface area contributed by atoms with Crippen molar-refractivity contribution in [1.29, 1.82) is 0 Å². The van der Waals surface area contributed by atoms with Gasteiger partial charge < -0.3 is 9.64 Å². The molecule has 0 saturated carbocycles. The second-order valence-corrected chi connectivity index (χ2v) is 10.9. The summed E-state index contributed by atoms with van der Waals surface area (Å²) in [6.07, 6.45) is 4.48. The Labute approximate surface area is 221 Å². The number of nitrogens with zero attached hydrogens (tertiary/aromatic N) is 4. The van der Waals surface area contributed by atoms with Crippen molar-refractivity contribution >= 4 is 28.6 Å². The van der Waals surface area contributed by atoms with Crippen molar-refractivity contribution in [2.45, 2.75) is 50.2 Å².